The van der Waals surface area contributed by atoms with Gasteiger partial charge in [-0.05, 0) is 37.7 Å². The summed E-state index contributed by atoms with van der Waals surface area (Å²) in [5, 5.41) is 1.01. The molecule has 0 unspecified atom stereocenters. The SMILES string of the molecule is Cc1cc(F)ccc1-c1nc2c(s1)CN(C)C2. The lowest BCUT2D eigenvalue weighted by Gasteiger charge is -2.05. The van der Waals surface area contributed by atoms with Gasteiger partial charge in [-0.2, -0.15) is 0 Å². The molecule has 0 bridgehead atoms. The summed E-state index contributed by atoms with van der Waals surface area (Å²) in [4.78, 5) is 8.24. The number of rotatable bonds is 1. The number of halogens is 1. The van der Waals surface area contributed by atoms with Crippen molar-refractivity contribution in [1.29, 1.82) is 0 Å². The summed E-state index contributed by atoms with van der Waals surface area (Å²) >= 11 is 1.72. The summed E-state index contributed by atoms with van der Waals surface area (Å²) in [5.41, 5.74) is 3.18. The van der Waals surface area contributed by atoms with Gasteiger partial charge in [0.05, 0.1) is 5.69 Å². The zero-order valence-electron chi connectivity index (χ0n) is 9.83. The zero-order chi connectivity index (χ0) is 12.0. The van der Waals surface area contributed by atoms with Crippen LogP contribution in [0, 0.1) is 12.7 Å². The predicted molar refractivity (Wildman–Crippen MR) is 67.4 cm³/mol. The molecule has 17 heavy (non-hydrogen) atoms. The summed E-state index contributed by atoms with van der Waals surface area (Å²) in [6, 6.07) is 4.89. The molecule has 4 heteroatoms. The van der Waals surface area contributed by atoms with Gasteiger partial charge in [-0.1, -0.05) is 0 Å². The average molecular weight is 248 g/mol. The molecule has 0 saturated carbocycles. The van der Waals surface area contributed by atoms with Crippen molar-refractivity contribution in [1.82, 2.24) is 9.88 Å². The molecular formula is C13H13FN2S. The molecular weight excluding hydrogens is 235 g/mol. The Balaban J connectivity index is 2.03. The van der Waals surface area contributed by atoms with E-state index in [0.717, 1.165) is 29.2 Å². The van der Waals surface area contributed by atoms with E-state index in [0.29, 0.717) is 0 Å². The lowest BCUT2D eigenvalue weighted by atomic mass is 10.1. The quantitative estimate of drug-likeness (QED) is 0.770. The smallest absolute Gasteiger partial charge is 0.124 e. The molecule has 1 aliphatic heterocycles. The highest BCUT2D eigenvalue weighted by molar-refractivity contribution is 7.15. The first-order valence-electron chi connectivity index (χ1n) is 5.57. The molecule has 0 radical (unpaired) electrons. The molecule has 1 aliphatic rings. The standard InChI is InChI=1S/C13H13FN2S/c1-8-5-9(14)3-4-10(8)13-15-11-6-16(2)7-12(11)17-13/h3-5H,6-7H2,1-2H3. The van der Waals surface area contributed by atoms with Crippen molar-refractivity contribution < 1.29 is 4.39 Å². The summed E-state index contributed by atoms with van der Waals surface area (Å²) < 4.78 is 13.1. The lowest BCUT2D eigenvalue weighted by Crippen LogP contribution is -2.08. The van der Waals surface area contributed by atoms with E-state index in [2.05, 4.69) is 16.9 Å². The Labute approximate surface area is 104 Å². The molecule has 0 saturated heterocycles. The summed E-state index contributed by atoms with van der Waals surface area (Å²) in [6.07, 6.45) is 0. The van der Waals surface area contributed by atoms with Crippen LogP contribution in [0.15, 0.2) is 18.2 Å². The minimum absolute atomic E-state index is 0.185. The highest BCUT2D eigenvalue weighted by atomic mass is 32.1. The average Bonchev–Trinajstić information content (AvgIpc) is 2.74. The molecule has 0 spiro atoms. The summed E-state index contributed by atoms with van der Waals surface area (Å²) in [7, 11) is 2.09. The summed E-state index contributed by atoms with van der Waals surface area (Å²) in [6.45, 7) is 3.83. The second kappa shape index (κ2) is 3.89. The van der Waals surface area contributed by atoms with E-state index in [1.54, 1.807) is 17.4 Å². The maximum absolute atomic E-state index is 13.1. The van der Waals surface area contributed by atoms with E-state index in [1.165, 1.54) is 16.6 Å². The third-order valence-electron chi connectivity index (χ3n) is 3.03. The largest absolute Gasteiger partial charge is 0.295 e. The van der Waals surface area contributed by atoms with Crippen molar-refractivity contribution in [3.05, 3.63) is 40.2 Å². The van der Waals surface area contributed by atoms with Gasteiger partial charge in [0.2, 0.25) is 0 Å². The number of aryl methyl sites for hydroxylation is 1. The van der Waals surface area contributed by atoms with Gasteiger partial charge in [-0.15, -0.1) is 11.3 Å². The Morgan fingerprint density at radius 3 is 2.88 bits per heavy atom. The van der Waals surface area contributed by atoms with E-state index in [4.69, 9.17) is 0 Å². The number of benzene rings is 1. The van der Waals surface area contributed by atoms with Crippen molar-refractivity contribution in [2.75, 3.05) is 7.05 Å². The number of aromatic nitrogens is 1. The Morgan fingerprint density at radius 2 is 2.18 bits per heavy atom. The first kappa shape index (κ1) is 10.9. The van der Waals surface area contributed by atoms with Gasteiger partial charge in [-0.3, -0.25) is 4.90 Å². The van der Waals surface area contributed by atoms with E-state index in [-0.39, 0.29) is 5.82 Å². The summed E-state index contributed by atoms with van der Waals surface area (Å²) in [5.74, 6) is -0.185. The van der Waals surface area contributed by atoms with Crippen molar-refractivity contribution in [2.45, 2.75) is 20.0 Å². The van der Waals surface area contributed by atoms with E-state index < -0.39 is 0 Å². The number of nitrogens with zero attached hydrogens (tertiary/aromatic N) is 2. The predicted octanol–water partition coefficient (Wildman–Crippen LogP) is 3.20. The Hall–Kier alpha value is -1.26. The third-order valence-corrected chi connectivity index (χ3v) is 4.15. The van der Waals surface area contributed by atoms with Gasteiger partial charge >= 0.3 is 0 Å². The highest BCUT2D eigenvalue weighted by Gasteiger charge is 2.21. The van der Waals surface area contributed by atoms with Crippen LogP contribution in [0.2, 0.25) is 0 Å². The topological polar surface area (TPSA) is 16.1 Å². The first-order valence-corrected chi connectivity index (χ1v) is 6.39. The van der Waals surface area contributed by atoms with Crippen molar-refractivity contribution in [3.63, 3.8) is 0 Å². The Kier molecular flexibility index (Phi) is 2.49. The van der Waals surface area contributed by atoms with Gasteiger partial charge in [0, 0.05) is 23.5 Å². The van der Waals surface area contributed by atoms with E-state index in [1.807, 2.05) is 13.0 Å². The van der Waals surface area contributed by atoms with Crippen LogP contribution in [0.3, 0.4) is 0 Å². The molecule has 0 atom stereocenters. The Bertz CT molecular complexity index is 553. The molecule has 1 aromatic heterocycles. The molecule has 0 aliphatic carbocycles. The lowest BCUT2D eigenvalue weighted by molar-refractivity contribution is 0.352. The van der Waals surface area contributed by atoms with Crippen molar-refractivity contribution >= 4 is 11.3 Å². The van der Waals surface area contributed by atoms with Crippen LogP contribution in [-0.4, -0.2) is 16.9 Å². The maximum atomic E-state index is 13.1. The highest BCUT2D eigenvalue weighted by Crippen LogP contribution is 2.34. The van der Waals surface area contributed by atoms with Crippen LogP contribution in [-0.2, 0) is 13.1 Å². The molecule has 0 fully saturated rings. The van der Waals surface area contributed by atoms with E-state index >= 15 is 0 Å². The molecule has 0 amide bonds. The molecule has 1 aromatic carbocycles. The van der Waals surface area contributed by atoms with Crippen molar-refractivity contribution in [3.8, 4) is 10.6 Å². The van der Waals surface area contributed by atoms with Crippen LogP contribution >= 0.6 is 11.3 Å². The second-order valence-corrected chi connectivity index (χ2v) is 5.60. The number of thiazole rings is 1. The van der Waals surface area contributed by atoms with Gasteiger partial charge in [-0.25, -0.2) is 9.37 Å². The minimum atomic E-state index is -0.185. The first-order chi connectivity index (χ1) is 8.13. The number of hydrogen-bond donors (Lipinski definition) is 0. The number of fused-ring (bicyclic) bond motifs is 1. The van der Waals surface area contributed by atoms with Crippen LogP contribution < -0.4 is 0 Å². The fourth-order valence-electron chi connectivity index (χ4n) is 2.17. The van der Waals surface area contributed by atoms with Gasteiger partial charge in [0.15, 0.2) is 0 Å². The fourth-order valence-corrected chi connectivity index (χ4v) is 3.41. The fraction of sp³-hybridized carbons (Fsp3) is 0.308. The van der Waals surface area contributed by atoms with Crippen LogP contribution in [0.1, 0.15) is 16.1 Å². The molecule has 2 nitrogen and oxygen atoms in total. The van der Waals surface area contributed by atoms with Gasteiger partial charge < -0.3 is 0 Å². The monoisotopic (exact) mass is 248 g/mol. The third kappa shape index (κ3) is 1.87. The van der Waals surface area contributed by atoms with Gasteiger partial charge in [0.25, 0.3) is 0 Å². The van der Waals surface area contributed by atoms with Crippen LogP contribution in [0.25, 0.3) is 10.6 Å². The molecule has 0 N–H and O–H groups in total. The van der Waals surface area contributed by atoms with Crippen LogP contribution in [0.5, 0.6) is 0 Å². The Morgan fingerprint density at radius 1 is 1.35 bits per heavy atom. The zero-order valence-corrected chi connectivity index (χ0v) is 10.6. The molecule has 2 aromatic rings. The second-order valence-electron chi connectivity index (χ2n) is 4.52. The minimum Gasteiger partial charge on any atom is -0.295 e. The molecule has 88 valence electrons. The maximum Gasteiger partial charge on any atom is 0.124 e. The number of hydrogen-bond acceptors (Lipinski definition) is 3. The van der Waals surface area contributed by atoms with Crippen molar-refractivity contribution in [2.24, 2.45) is 0 Å². The molecule has 3 rings (SSSR count). The normalized spacial score (nSPS) is 15.2. The van der Waals surface area contributed by atoms with E-state index in [9.17, 15) is 4.39 Å². The van der Waals surface area contributed by atoms with Gasteiger partial charge in [0.1, 0.15) is 10.8 Å². The molecule has 2 heterocycles. The van der Waals surface area contributed by atoms with Crippen LogP contribution in [0.4, 0.5) is 4.39 Å².